The number of ether oxygens (including phenoxy) is 1. The van der Waals surface area contributed by atoms with E-state index in [0.29, 0.717) is 12.0 Å². The Labute approximate surface area is 154 Å². The van der Waals surface area contributed by atoms with Gasteiger partial charge in [0.1, 0.15) is 6.61 Å². The molecule has 1 aromatic heterocycles. The summed E-state index contributed by atoms with van der Waals surface area (Å²) in [5, 5.41) is 3.26. The van der Waals surface area contributed by atoms with Crippen molar-refractivity contribution in [2.75, 3.05) is 13.7 Å². The quantitative estimate of drug-likeness (QED) is 0.776. The molecule has 1 aliphatic rings. The monoisotopic (exact) mass is 403 g/mol. The maximum absolute atomic E-state index is 12.3. The molecule has 1 amide bonds. The fraction of sp³-hybridized carbons (Fsp3) is 0.278. The molecule has 0 bridgehead atoms. The first-order valence-corrected chi connectivity index (χ1v) is 8.66. The van der Waals surface area contributed by atoms with Crippen LogP contribution >= 0.6 is 15.9 Å². The highest BCUT2D eigenvalue weighted by molar-refractivity contribution is 9.10. The summed E-state index contributed by atoms with van der Waals surface area (Å²) in [6.45, 7) is -0.111. The summed E-state index contributed by atoms with van der Waals surface area (Å²) in [4.78, 5) is 30.0. The van der Waals surface area contributed by atoms with Crippen LogP contribution in [0.25, 0.3) is 0 Å². The minimum atomic E-state index is -0.654. The summed E-state index contributed by atoms with van der Waals surface area (Å²) >= 11 is 3.34. The van der Waals surface area contributed by atoms with E-state index in [4.69, 9.17) is 4.74 Å². The summed E-state index contributed by atoms with van der Waals surface area (Å²) in [5.74, 6) is -0.178. The zero-order valence-corrected chi connectivity index (χ0v) is 15.3. The van der Waals surface area contributed by atoms with Crippen LogP contribution in [0.4, 0.5) is 0 Å². The van der Waals surface area contributed by atoms with E-state index in [1.807, 2.05) is 12.1 Å². The van der Waals surface area contributed by atoms with E-state index in [-0.39, 0.29) is 24.3 Å². The zero-order chi connectivity index (χ0) is 17.8. The Hall–Kier alpha value is -2.09. The third-order valence-electron chi connectivity index (χ3n) is 4.11. The molecule has 2 atom stereocenters. The minimum Gasteiger partial charge on any atom is -0.337 e. The van der Waals surface area contributed by atoms with Crippen LogP contribution < -0.4 is 5.32 Å². The topological polar surface area (TPSA) is 71.5 Å². The number of carbonyl (C=O) groups is 2. The maximum atomic E-state index is 12.3. The van der Waals surface area contributed by atoms with Crippen molar-refractivity contribution in [3.8, 4) is 0 Å². The molecule has 1 fully saturated rings. The molecule has 7 heteroatoms. The van der Waals surface area contributed by atoms with Gasteiger partial charge in [0.15, 0.2) is 12.1 Å². The minimum absolute atomic E-state index is 0.0401. The molecule has 1 aromatic carbocycles. The lowest BCUT2D eigenvalue weighted by atomic mass is 10.0. The van der Waals surface area contributed by atoms with Crippen molar-refractivity contribution in [1.29, 1.82) is 0 Å². The Morgan fingerprint density at radius 2 is 1.96 bits per heavy atom. The second-order valence-corrected chi connectivity index (χ2v) is 6.72. The number of carbonyl (C=O) groups excluding carboxylic acids is 2. The average Bonchev–Trinajstić information content (AvgIpc) is 2.64. The Morgan fingerprint density at radius 3 is 2.64 bits per heavy atom. The van der Waals surface area contributed by atoms with Crippen molar-refractivity contribution >= 4 is 27.6 Å². The summed E-state index contributed by atoms with van der Waals surface area (Å²) in [6, 6.07) is 10.6. The van der Waals surface area contributed by atoms with E-state index < -0.39 is 6.35 Å². The molecule has 3 rings (SSSR count). The summed E-state index contributed by atoms with van der Waals surface area (Å²) in [6.07, 6.45) is 3.05. The van der Waals surface area contributed by atoms with Gasteiger partial charge < -0.3 is 9.64 Å². The molecule has 0 spiro atoms. The summed E-state index contributed by atoms with van der Waals surface area (Å²) in [5.41, 5.74) is 1.53. The molecule has 2 heterocycles. The van der Waals surface area contributed by atoms with E-state index in [1.165, 1.54) is 4.90 Å². The van der Waals surface area contributed by atoms with Crippen molar-refractivity contribution in [3.05, 3.63) is 64.4 Å². The molecule has 1 saturated heterocycles. The lowest BCUT2D eigenvalue weighted by molar-refractivity contribution is -0.154. The van der Waals surface area contributed by atoms with E-state index in [1.54, 1.807) is 43.7 Å². The van der Waals surface area contributed by atoms with Crippen LogP contribution in [0.3, 0.4) is 0 Å². The highest BCUT2D eigenvalue weighted by atomic mass is 79.9. The molecule has 0 saturated carbocycles. The van der Waals surface area contributed by atoms with E-state index in [2.05, 4.69) is 26.2 Å². The molecule has 1 N–H and O–H groups in total. The second kappa shape index (κ2) is 7.86. The molecule has 2 unspecified atom stereocenters. The van der Waals surface area contributed by atoms with Crippen LogP contribution in [0, 0.1) is 0 Å². The maximum Gasteiger partial charge on any atom is 0.227 e. The van der Waals surface area contributed by atoms with E-state index in [0.717, 1.165) is 10.0 Å². The number of nitrogens with zero attached hydrogens (tertiary/aromatic N) is 2. The summed E-state index contributed by atoms with van der Waals surface area (Å²) < 4.78 is 6.59. The number of ketones is 1. The van der Waals surface area contributed by atoms with Crippen LogP contribution in [-0.4, -0.2) is 41.6 Å². The number of halogens is 1. The molecule has 130 valence electrons. The van der Waals surface area contributed by atoms with Gasteiger partial charge in [0.05, 0.1) is 0 Å². The van der Waals surface area contributed by atoms with Crippen molar-refractivity contribution in [3.63, 3.8) is 0 Å². The largest absolute Gasteiger partial charge is 0.337 e. The van der Waals surface area contributed by atoms with Gasteiger partial charge in [-0.25, -0.2) is 0 Å². The first-order chi connectivity index (χ1) is 12.0. The molecule has 25 heavy (non-hydrogen) atoms. The number of Topliss-reactive ketones (excluding diaryl/α,β-unsaturated/α-hetero) is 1. The van der Waals surface area contributed by atoms with Crippen molar-refractivity contribution < 1.29 is 14.3 Å². The van der Waals surface area contributed by atoms with Gasteiger partial charge in [-0.1, -0.05) is 28.1 Å². The average molecular weight is 404 g/mol. The van der Waals surface area contributed by atoms with Crippen molar-refractivity contribution in [1.82, 2.24) is 15.2 Å². The summed E-state index contributed by atoms with van der Waals surface area (Å²) in [7, 11) is 1.66. The first kappa shape index (κ1) is 17.7. The number of nitrogens with one attached hydrogen (secondary N) is 1. The number of benzene rings is 1. The molecule has 1 aliphatic heterocycles. The highest BCUT2D eigenvalue weighted by Crippen LogP contribution is 2.23. The molecule has 6 nitrogen and oxygen atoms in total. The number of rotatable bonds is 5. The van der Waals surface area contributed by atoms with Crippen molar-refractivity contribution in [2.45, 2.75) is 18.8 Å². The lowest BCUT2D eigenvalue weighted by Gasteiger charge is -2.37. The Morgan fingerprint density at radius 1 is 1.28 bits per heavy atom. The van der Waals surface area contributed by atoms with Gasteiger partial charge in [0.25, 0.3) is 0 Å². The number of pyridine rings is 1. The Bertz CT molecular complexity index is 752. The van der Waals surface area contributed by atoms with Gasteiger partial charge >= 0.3 is 0 Å². The predicted molar refractivity (Wildman–Crippen MR) is 95.7 cm³/mol. The third-order valence-corrected chi connectivity index (χ3v) is 4.64. The fourth-order valence-electron chi connectivity index (χ4n) is 2.64. The van der Waals surface area contributed by atoms with Crippen LogP contribution in [0.5, 0.6) is 0 Å². The second-order valence-electron chi connectivity index (χ2n) is 5.80. The first-order valence-electron chi connectivity index (χ1n) is 7.86. The smallest absolute Gasteiger partial charge is 0.227 e. The van der Waals surface area contributed by atoms with E-state index >= 15 is 0 Å². The fourth-order valence-corrected chi connectivity index (χ4v) is 2.90. The Kier molecular flexibility index (Phi) is 5.57. The molecule has 2 aromatic rings. The number of hydrogen-bond donors (Lipinski definition) is 1. The SMILES string of the molecule is CN1C(=O)CC(c2ccncc2)NC1OCC(=O)c1ccc(Br)cc1. The van der Waals surface area contributed by atoms with Crippen molar-refractivity contribution in [2.24, 2.45) is 0 Å². The van der Waals surface area contributed by atoms with Gasteiger partial charge in [-0.2, -0.15) is 0 Å². The number of hydrogen-bond acceptors (Lipinski definition) is 5. The van der Waals surface area contributed by atoms with Gasteiger partial charge in [0, 0.05) is 41.9 Å². The van der Waals surface area contributed by atoms with Crippen LogP contribution in [0.2, 0.25) is 0 Å². The molecule has 0 aliphatic carbocycles. The number of amides is 1. The Balaban J connectivity index is 1.64. The third kappa shape index (κ3) is 4.31. The zero-order valence-electron chi connectivity index (χ0n) is 13.7. The van der Waals surface area contributed by atoms with E-state index in [9.17, 15) is 9.59 Å². The van der Waals surface area contributed by atoms with Gasteiger partial charge in [-0.3, -0.25) is 19.9 Å². The normalized spacial score (nSPS) is 20.6. The van der Waals surface area contributed by atoms with Crippen LogP contribution in [0.1, 0.15) is 28.4 Å². The lowest BCUT2D eigenvalue weighted by Crippen LogP contribution is -2.55. The van der Waals surface area contributed by atoms with Crippen LogP contribution in [0.15, 0.2) is 53.3 Å². The van der Waals surface area contributed by atoms with Gasteiger partial charge in [0.2, 0.25) is 5.91 Å². The van der Waals surface area contributed by atoms with Gasteiger partial charge in [-0.05, 0) is 29.8 Å². The predicted octanol–water partition coefficient (Wildman–Crippen LogP) is 2.52. The highest BCUT2D eigenvalue weighted by Gasteiger charge is 2.32. The molecular formula is C18H18BrN3O3. The van der Waals surface area contributed by atoms with Crippen LogP contribution in [-0.2, 0) is 9.53 Å². The standard InChI is InChI=1S/C18H18BrN3O3/c1-22-17(24)10-15(12-6-8-20-9-7-12)21-18(22)25-11-16(23)13-2-4-14(19)5-3-13/h2-9,15,18,21H,10-11H2,1H3. The van der Waals surface area contributed by atoms with Gasteiger partial charge in [-0.15, -0.1) is 0 Å². The molecular weight excluding hydrogens is 386 g/mol. The molecule has 0 radical (unpaired) electrons. The number of aromatic nitrogens is 1.